The van der Waals surface area contributed by atoms with Gasteiger partial charge in [-0.2, -0.15) is 4.98 Å². The molecule has 0 aliphatic carbocycles. The molecule has 2 aromatic carbocycles. The van der Waals surface area contributed by atoms with Crippen LogP contribution in [0.4, 0.5) is 0 Å². The third-order valence-corrected chi connectivity index (χ3v) is 5.17. The van der Waals surface area contributed by atoms with Gasteiger partial charge in [0.05, 0.1) is 17.7 Å². The maximum absolute atomic E-state index is 13.5. The Hall–Kier alpha value is -3.45. The van der Waals surface area contributed by atoms with Crippen LogP contribution in [0, 0.1) is 0 Å². The molecular weight excluding hydrogens is 388 g/mol. The second-order valence-electron chi connectivity index (χ2n) is 6.16. The number of hydrogen-bond donors (Lipinski definition) is 0. The fourth-order valence-corrected chi connectivity index (χ4v) is 3.96. The third kappa shape index (κ3) is 3.77. The number of aromatic nitrogens is 2. The quantitative estimate of drug-likeness (QED) is 0.452. The van der Waals surface area contributed by atoms with E-state index < -0.39 is 5.97 Å². The number of fused-ring (bicyclic) bond motifs is 1. The Morgan fingerprint density at radius 1 is 1.07 bits per heavy atom. The molecule has 7 heteroatoms. The summed E-state index contributed by atoms with van der Waals surface area (Å²) in [5, 5.41) is 2.44. The number of esters is 1. The highest BCUT2D eigenvalue weighted by Crippen LogP contribution is 2.32. The molecule has 4 rings (SSSR count). The van der Waals surface area contributed by atoms with E-state index in [1.54, 1.807) is 19.1 Å². The fourth-order valence-electron chi connectivity index (χ4n) is 3.03. The Bertz CT molecular complexity index is 1200. The second-order valence-corrected chi connectivity index (χ2v) is 7.02. The van der Waals surface area contributed by atoms with Gasteiger partial charge in [0.2, 0.25) is 0 Å². The second kappa shape index (κ2) is 8.28. The van der Waals surface area contributed by atoms with Gasteiger partial charge in [0.1, 0.15) is 4.83 Å². The summed E-state index contributed by atoms with van der Waals surface area (Å²) in [6.07, 6.45) is 0. The molecule has 0 radical (unpaired) electrons. The molecule has 0 aliphatic rings. The van der Waals surface area contributed by atoms with Crippen LogP contribution in [-0.2, 0) is 9.53 Å². The lowest BCUT2D eigenvalue weighted by molar-refractivity contribution is -0.145. The maximum atomic E-state index is 13.5. The van der Waals surface area contributed by atoms with Gasteiger partial charge in [-0.15, -0.1) is 11.3 Å². The first-order valence-electron chi connectivity index (χ1n) is 9.12. The summed E-state index contributed by atoms with van der Waals surface area (Å²) in [5.74, 6) is -0.516. The van der Waals surface area contributed by atoms with Crippen LogP contribution in [0.15, 0.2) is 70.8 Å². The molecule has 0 N–H and O–H groups in total. The molecule has 4 aromatic rings. The van der Waals surface area contributed by atoms with Crippen LogP contribution in [0.3, 0.4) is 0 Å². The van der Waals surface area contributed by atoms with Gasteiger partial charge in [-0.05, 0) is 24.6 Å². The number of benzene rings is 2. The molecule has 146 valence electrons. The molecule has 0 saturated heterocycles. The summed E-state index contributed by atoms with van der Waals surface area (Å²) < 4.78 is 11.9. The maximum Gasteiger partial charge on any atom is 0.344 e. The van der Waals surface area contributed by atoms with Gasteiger partial charge in [0.25, 0.3) is 5.56 Å². The van der Waals surface area contributed by atoms with E-state index in [0.29, 0.717) is 15.9 Å². The molecular formula is C22H18N2O4S. The van der Waals surface area contributed by atoms with Crippen LogP contribution in [0.25, 0.3) is 27.0 Å². The van der Waals surface area contributed by atoms with Crippen molar-refractivity contribution in [2.45, 2.75) is 6.92 Å². The summed E-state index contributed by atoms with van der Waals surface area (Å²) in [6.45, 7) is 1.65. The molecule has 29 heavy (non-hydrogen) atoms. The van der Waals surface area contributed by atoms with Gasteiger partial charge in [-0.3, -0.25) is 4.79 Å². The van der Waals surface area contributed by atoms with Gasteiger partial charge < -0.3 is 9.47 Å². The predicted octanol–water partition coefficient (Wildman–Crippen LogP) is 4.06. The first kappa shape index (κ1) is 18.9. The lowest BCUT2D eigenvalue weighted by Crippen LogP contribution is -2.24. The van der Waals surface area contributed by atoms with Crippen molar-refractivity contribution in [3.8, 4) is 22.8 Å². The number of para-hydroxylation sites is 1. The van der Waals surface area contributed by atoms with Crippen molar-refractivity contribution in [3.05, 3.63) is 76.4 Å². The van der Waals surface area contributed by atoms with Gasteiger partial charge in [0, 0.05) is 10.9 Å². The highest BCUT2D eigenvalue weighted by molar-refractivity contribution is 7.17. The number of carbonyl (C=O) groups excluding carboxylic acids is 1. The molecule has 0 atom stereocenters. The predicted molar refractivity (Wildman–Crippen MR) is 113 cm³/mol. The number of carbonyl (C=O) groups is 1. The van der Waals surface area contributed by atoms with Crippen molar-refractivity contribution in [2.24, 2.45) is 0 Å². The topological polar surface area (TPSA) is 70.4 Å². The van der Waals surface area contributed by atoms with Crippen molar-refractivity contribution in [1.82, 2.24) is 9.55 Å². The Kier molecular flexibility index (Phi) is 5.39. The first-order valence-corrected chi connectivity index (χ1v) is 10.0. The lowest BCUT2D eigenvalue weighted by atomic mass is 10.1. The van der Waals surface area contributed by atoms with Gasteiger partial charge >= 0.3 is 12.0 Å². The Balaban J connectivity index is 1.89. The summed E-state index contributed by atoms with van der Waals surface area (Å²) >= 11 is 1.36. The van der Waals surface area contributed by atoms with Crippen LogP contribution >= 0.6 is 11.3 Å². The minimum absolute atomic E-state index is 0.0585. The Labute approximate surface area is 171 Å². The highest BCUT2D eigenvalue weighted by atomic mass is 32.1. The zero-order chi connectivity index (χ0) is 20.2. The number of rotatable bonds is 6. The van der Waals surface area contributed by atoms with Crippen LogP contribution < -0.4 is 10.3 Å². The molecule has 2 heterocycles. The lowest BCUT2D eigenvalue weighted by Gasteiger charge is -2.13. The first-order chi connectivity index (χ1) is 14.2. The van der Waals surface area contributed by atoms with E-state index in [2.05, 4.69) is 4.98 Å². The van der Waals surface area contributed by atoms with E-state index in [-0.39, 0.29) is 24.8 Å². The number of thiophene rings is 1. The van der Waals surface area contributed by atoms with Gasteiger partial charge in [-0.1, -0.05) is 48.5 Å². The zero-order valence-corrected chi connectivity index (χ0v) is 16.5. The minimum atomic E-state index is -0.516. The normalized spacial score (nSPS) is 10.8. The van der Waals surface area contributed by atoms with Crippen molar-refractivity contribution in [2.75, 3.05) is 13.2 Å². The Morgan fingerprint density at radius 3 is 2.45 bits per heavy atom. The molecule has 2 aromatic heterocycles. The SMILES string of the molecule is CCOC(=O)COc1nc2scc(-c3ccccc3)c2c(=O)n1-c1ccccc1. The van der Waals surface area contributed by atoms with E-state index in [0.717, 1.165) is 11.1 Å². The Morgan fingerprint density at radius 2 is 1.76 bits per heavy atom. The summed E-state index contributed by atoms with van der Waals surface area (Å²) in [6, 6.07) is 18.9. The van der Waals surface area contributed by atoms with E-state index >= 15 is 0 Å². The van der Waals surface area contributed by atoms with Crippen molar-refractivity contribution in [1.29, 1.82) is 0 Å². The number of ether oxygens (including phenoxy) is 2. The van der Waals surface area contributed by atoms with Crippen molar-refractivity contribution in [3.63, 3.8) is 0 Å². The minimum Gasteiger partial charge on any atom is -0.463 e. The average molecular weight is 406 g/mol. The highest BCUT2D eigenvalue weighted by Gasteiger charge is 2.19. The van der Waals surface area contributed by atoms with E-state index in [9.17, 15) is 9.59 Å². The molecule has 6 nitrogen and oxygen atoms in total. The van der Waals surface area contributed by atoms with Crippen molar-refractivity contribution >= 4 is 27.5 Å². The number of hydrogen-bond acceptors (Lipinski definition) is 6. The standard InChI is InChI=1S/C22H18N2O4S/c1-2-27-18(25)13-28-22-23-20-19(17(14-29-20)15-9-5-3-6-10-15)21(26)24(22)16-11-7-4-8-12-16/h3-12,14H,2,13H2,1H3. The smallest absolute Gasteiger partial charge is 0.344 e. The van der Waals surface area contributed by atoms with Crippen molar-refractivity contribution < 1.29 is 14.3 Å². The fraction of sp³-hybridized carbons (Fsp3) is 0.136. The molecule has 0 unspecified atom stereocenters. The molecule has 0 bridgehead atoms. The van der Waals surface area contributed by atoms with E-state index in [1.165, 1.54) is 15.9 Å². The molecule has 0 amide bonds. The summed E-state index contributed by atoms with van der Waals surface area (Å²) in [4.78, 5) is 30.3. The summed E-state index contributed by atoms with van der Waals surface area (Å²) in [5.41, 5.74) is 2.12. The van der Waals surface area contributed by atoms with Gasteiger partial charge in [-0.25, -0.2) is 9.36 Å². The van der Waals surface area contributed by atoms with E-state index in [4.69, 9.17) is 9.47 Å². The molecule has 0 aliphatic heterocycles. The monoisotopic (exact) mass is 406 g/mol. The zero-order valence-electron chi connectivity index (χ0n) is 15.7. The summed E-state index contributed by atoms with van der Waals surface area (Å²) in [7, 11) is 0. The average Bonchev–Trinajstić information content (AvgIpc) is 3.18. The molecule has 0 spiro atoms. The van der Waals surface area contributed by atoms with Crippen LogP contribution in [0.1, 0.15) is 6.92 Å². The van der Waals surface area contributed by atoms with Crippen LogP contribution in [-0.4, -0.2) is 28.7 Å². The third-order valence-electron chi connectivity index (χ3n) is 4.30. The van der Waals surface area contributed by atoms with Crippen LogP contribution in [0.5, 0.6) is 6.01 Å². The van der Waals surface area contributed by atoms with Gasteiger partial charge in [0.15, 0.2) is 6.61 Å². The van der Waals surface area contributed by atoms with Crippen LogP contribution in [0.2, 0.25) is 0 Å². The molecule has 0 fully saturated rings. The largest absolute Gasteiger partial charge is 0.463 e. The number of nitrogens with zero attached hydrogens (tertiary/aromatic N) is 2. The van der Waals surface area contributed by atoms with E-state index in [1.807, 2.05) is 53.9 Å². The molecule has 0 saturated carbocycles.